The maximum absolute atomic E-state index is 12.3. The number of benzene rings is 1. The number of carbonyl (C=O) groups is 1. The molecule has 0 aromatic heterocycles. The number of nitrogens with zero attached hydrogens (tertiary/aromatic N) is 1. The minimum atomic E-state index is -0.580. The maximum Gasteiger partial charge on any atom is 0.228 e. The van der Waals surface area contributed by atoms with E-state index in [1.807, 2.05) is 30.3 Å². The van der Waals surface area contributed by atoms with Gasteiger partial charge in [0.05, 0.1) is 5.41 Å². The van der Waals surface area contributed by atoms with E-state index in [4.69, 9.17) is 5.73 Å². The number of hydrogen-bond donors (Lipinski definition) is 1. The summed E-state index contributed by atoms with van der Waals surface area (Å²) in [6, 6.07) is 9.97. The van der Waals surface area contributed by atoms with Gasteiger partial charge in [-0.25, -0.2) is 0 Å². The molecule has 2 N–H and O–H groups in total. The van der Waals surface area contributed by atoms with Gasteiger partial charge in [0.2, 0.25) is 5.91 Å². The van der Waals surface area contributed by atoms with Crippen LogP contribution in [0.1, 0.15) is 39.7 Å². The highest BCUT2D eigenvalue weighted by Crippen LogP contribution is 2.35. The molecule has 0 saturated carbocycles. The fraction of sp³-hybridized carbons (Fsp3) is 0.588. The Hall–Kier alpha value is -1.35. The molecule has 0 heterocycles. The van der Waals surface area contributed by atoms with Crippen LogP contribution in [0.3, 0.4) is 0 Å². The monoisotopic (exact) mass is 276 g/mol. The third-order valence-electron chi connectivity index (χ3n) is 4.43. The van der Waals surface area contributed by atoms with Gasteiger partial charge in [-0.05, 0) is 37.5 Å². The maximum atomic E-state index is 12.3. The fourth-order valence-corrected chi connectivity index (χ4v) is 2.93. The first-order valence-corrected chi connectivity index (χ1v) is 7.56. The van der Waals surface area contributed by atoms with Gasteiger partial charge in [0, 0.05) is 0 Å². The van der Waals surface area contributed by atoms with Crippen LogP contribution < -0.4 is 5.73 Å². The molecule has 0 aliphatic heterocycles. The SMILES string of the molecule is CCN(CC)CCC(C(N)=O)(c1ccccc1)C(C)C. The number of rotatable bonds is 8. The van der Waals surface area contributed by atoms with Crippen molar-refractivity contribution in [2.45, 2.75) is 39.5 Å². The van der Waals surface area contributed by atoms with E-state index in [1.54, 1.807) is 0 Å². The van der Waals surface area contributed by atoms with E-state index in [1.165, 1.54) is 0 Å². The molecule has 1 amide bonds. The van der Waals surface area contributed by atoms with Crippen LogP contribution >= 0.6 is 0 Å². The third-order valence-corrected chi connectivity index (χ3v) is 4.43. The molecule has 3 nitrogen and oxygen atoms in total. The van der Waals surface area contributed by atoms with Crippen molar-refractivity contribution in [3.8, 4) is 0 Å². The van der Waals surface area contributed by atoms with Gasteiger partial charge in [-0.1, -0.05) is 58.0 Å². The first-order valence-electron chi connectivity index (χ1n) is 7.56. The molecule has 0 spiro atoms. The Bertz CT molecular complexity index is 412. The van der Waals surface area contributed by atoms with Gasteiger partial charge in [0.1, 0.15) is 0 Å². The van der Waals surface area contributed by atoms with Crippen molar-refractivity contribution in [1.82, 2.24) is 4.90 Å². The molecule has 0 radical (unpaired) electrons. The molecule has 20 heavy (non-hydrogen) atoms. The van der Waals surface area contributed by atoms with Gasteiger partial charge in [-0.3, -0.25) is 4.79 Å². The summed E-state index contributed by atoms with van der Waals surface area (Å²) in [5.41, 5.74) is 6.27. The zero-order chi connectivity index (χ0) is 15.2. The summed E-state index contributed by atoms with van der Waals surface area (Å²) < 4.78 is 0. The average molecular weight is 276 g/mol. The smallest absolute Gasteiger partial charge is 0.228 e. The molecule has 1 aromatic rings. The molecule has 112 valence electrons. The lowest BCUT2D eigenvalue weighted by Crippen LogP contribution is -2.47. The second-order valence-corrected chi connectivity index (χ2v) is 5.63. The highest BCUT2D eigenvalue weighted by atomic mass is 16.1. The van der Waals surface area contributed by atoms with Crippen molar-refractivity contribution >= 4 is 5.91 Å². The highest BCUT2D eigenvalue weighted by molar-refractivity contribution is 5.87. The first kappa shape index (κ1) is 16.7. The van der Waals surface area contributed by atoms with Crippen LogP contribution in [0.5, 0.6) is 0 Å². The number of primary amides is 1. The first-order chi connectivity index (χ1) is 9.48. The van der Waals surface area contributed by atoms with Gasteiger partial charge < -0.3 is 10.6 Å². The van der Waals surface area contributed by atoms with Crippen LogP contribution in [0.15, 0.2) is 30.3 Å². The zero-order valence-corrected chi connectivity index (χ0v) is 13.2. The third kappa shape index (κ3) is 3.40. The molecule has 0 aliphatic rings. The van der Waals surface area contributed by atoms with Crippen LogP contribution in [0.4, 0.5) is 0 Å². The molecule has 0 bridgehead atoms. The minimum absolute atomic E-state index is 0.179. The van der Waals surface area contributed by atoms with Crippen molar-refractivity contribution in [3.05, 3.63) is 35.9 Å². The Morgan fingerprint density at radius 2 is 1.75 bits per heavy atom. The quantitative estimate of drug-likeness (QED) is 0.793. The largest absolute Gasteiger partial charge is 0.369 e. The van der Waals surface area contributed by atoms with Crippen LogP contribution in [-0.4, -0.2) is 30.4 Å². The van der Waals surface area contributed by atoms with Gasteiger partial charge in [-0.15, -0.1) is 0 Å². The fourth-order valence-electron chi connectivity index (χ4n) is 2.93. The molecule has 0 saturated heterocycles. The summed E-state index contributed by atoms with van der Waals surface area (Å²) in [5.74, 6) is -0.0381. The van der Waals surface area contributed by atoms with E-state index in [0.717, 1.165) is 31.6 Å². The second-order valence-electron chi connectivity index (χ2n) is 5.63. The van der Waals surface area contributed by atoms with Gasteiger partial charge >= 0.3 is 0 Å². The van der Waals surface area contributed by atoms with E-state index >= 15 is 0 Å². The van der Waals surface area contributed by atoms with Crippen LogP contribution in [-0.2, 0) is 10.2 Å². The Labute approximate surface area is 123 Å². The Morgan fingerprint density at radius 3 is 2.15 bits per heavy atom. The highest BCUT2D eigenvalue weighted by Gasteiger charge is 2.41. The number of nitrogens with two attached hydrogens (primary N) is 1. The van der Waals surface area contributed by atoms with Gasteiger partial charge in [-0.2, -0.15) is 0 Å². The number of carbonyl (C=O) groups excluding carboxylic acids is 1. The van der Waals surface area contributed by atoms with Crippen molar-refractivity contribution < 1.29 is 4.79 Å². The molecule has 0 fully saturated rings. The van der Waals surface area contributed by atoms with E-state index in [9.17, 15) is 4.79 Å². The zero-order valence-electron chi connectivity index (χ0n) is 13.2. The van der Waals surface area contributed by atoms with Gasteiger partial charge in [0.15, 0.2) is 0 Å². The normalized spacial score (nSPS) is 14.5. The molecule has 1 rings (SSSR count). The average Bonchev–Trinajstić information content (AvgIpc) is 2.44. The summed E-state index contributed by atoms with van der Waals surface area (Å²) >= 11 is 0. The summed E-state index contributed by atoms with van der Waals surface area (Å²) in [5, 5.41) is 0. The van der Waals surface area contributed by atoms with Crippen molar-refractivity contribution in [2.75, 3.05) is 19.6 Å². The van der Waals surface area contributed by atoms with E-state index in [2.05, 4.69) is 32.6 Å². The standard InChI is InChI=1S/C17H28N2O/c1-5-19(6-2)13-12-17(14(3)4,16(18)20)15-10-8-7-9-11-15/h7-11,14H,5-6,12-13H2,1-4H3,(H2,18,20). The number of hydrogen-bond acceptors (Lipinski definition) is 2. The summed E-state index contributed by atoms with van der Waals surface area (Å²) in [4.78, 5) is 14.6. The molecule has 3 heteroatoms. The lowest BCUT2D eigenvalue weighted by atomic mass is 9.68. The summed E-state index contributed by atoms with van der Waals surface area (Å²) in [7, 11) is 0. The molecular formula is C17H28N2O. The lowest BCUT2D eigenvalue weighted by Gasteiger charge is -2.37. The molecule has 1 atom stereocenters. The van der Waals surface area contributed by atoms with Crippen LogP contribution in [0, 0.1) is 5.92 Å². The second kappa shape index (κ2) is 7.44. The van der Waals surface area contributed by atoms with Crippen molar-refractivity contribution in [2.24, 2.45) is 11.7 Å². The minimum Gasteiger partial charge on any atom is -0.369 e. The summed E-state index contributed by atoms with van der Waals surface area (Å²) in [6.07, 6.45) is 0.770. The van der Waals surface area contributed by atoms with Crippen LogP contribution in [0.25, 0.3) is 0 Å². The van der Waals surface area contributed by atoms with Crippen LogP contribution in [0.2, 0.25) is 0 Å². The predicted molar refractivity (Wildman–Crippen MR) is 84.6 cm³/mol. The number of amides is 1. The van der Waals surface area contributed by atoms with E-state index in [-0.39, 0.29) is 11.8 Å². The van der Waals surface area contributed by atoms with Crippen molar-refractivity contribution in [3.63, 3.8) is 0 Å². The Morgan fingerprint density at radius 1 is 1.20 bits per heavy atom. The Kier molecular flexibility index (Phi) is 6.21. The topological polar surface area (TPSA) is 46.3 Å². The van der Waals surface area contributed by atoms with E-state index < -0.39 is 5.41 Å². The molecule has 0 aliphatic carbocycles. The Balaban J connectivity index is 3.10. The predicted octanol–water partition coefficient (Wildman–Crippen LogP) is 2.80. The molecular weight excluding hydrogens is 248 g/mol. The summed E-state index contributed by atoms with van der Waals surface area (Å²) in [6.45, 7) is 11.3. The van der Waals surface area contributed by atoms with Gasteiger partial charge in [0.25, 0.3) is 0 Å². The molecule has 1 unspecified atom stereocenters. The molecule has 1 aromatic carbocycles. The van der Waals surface area contributed by atoms with Crippen molar-refractivity contribution in [1.29, 1.82) is 0 Å². The van der Waals surface area contributed by atoms with E-state index in [0.29, 0.717) is 0 Å². The lowest BCUT2D eigenvalue weighted by molar-refractivity contribution is -0.125.